The van der Waals surface area contributed by atoms with Crippen LogP contribution in [0.4, 0.5) is 0 Å². The molecule has 31 heavy (non-hydrogen) atoms. The van der Waals surface area contributed by atoms with E-state index in [1.165, 1.54) is 11.6 Å². The van der Waals surface area contributed by atoms with Gasteiger partial charge in [0.2, 0.25) is 0 Å². The van der Waals surface area contributed by atoms with Gasteiger partial charge in [-0.15, -0.1) is 10.2 Å². The van der Waals surface area contributed by atoms with Crippen molar-refractivity contribution in [3.8, 4) is 11.4 Å². The Morgan fingerprint density at radius 1 is 1.00 bits per heavy atom. The molecule has 2 heterocycles. The minimum Gasteiger partial charge on any atom is -0.494 e. The standard InChI is InChI=1S/C22H21N5O3S/c1-2-30-18-10-8-17(9-11-18)27-19(12-16-13-20(28)24-21(29)23-16)25-26-22(27)31-14-15-6-4-3-5-7-15/h3-11,13H,2,12,14H2,1H3,(H2,23,24,28,29). The van der Waals surface area contributed by atoms with Gasteiger partial charge in [0.15, 0.2) is 5.16 Å². The third-order valence-electron chi connectivity index (χ3n) is 4.48. The molecule has 0 unspecified atom stereocenters. The molecule has 0 amide bonds. The largest absolute Gasteiger partial charge is 0.494 e. The van der Waals surface area contributed by atoms with Crippen molar-refractivity contribution in [1.29, 1.82) is 0 Å². The molecule has 2 aromatic carbocycles. The van der Waals surface area contributed by atoms with Crippen molar-refractivity contribution in [1.82, 2.24) is 24.7 Å². The third kappa shape index (κ3) is 5.13. The molecule has 0 saturated carbocycles. The maximum atomic E-state index is 11.7. The van der Waals surface area contributed by atoms with Crippen LogP contribution in [0.25, 0.3) is 5.69 Å². The topological polar surface area (TPSA) is 106 Å². The zero-order chi connectivity index (χ0) is 21.6. The van der Waals surface area contributed by atoms with Gasteiger partial charge in [0.25, 0.3) is 5.56 Å². The van der Waals surface area contributed by atoms with Gasteiger partial charge in [0.05, 0.1) is 6.61 Å². The quantitative estimate of drug-likeness (QED) is 0.412. The first kappa shape index (κ1) is 20.7. The fraction of sp³-hybridized carbons (Fsp3) is 0.182. The Kier molecular flexibility index (Phi) is 6.32. The van der Waals surface area contributed by atoms with Crippen LogP contribution < -0.4 is 16.0 Å². The molecule has 0 aliphatic carbocycles. The van der Waals surface area contributed by atoms with Crippen molar-refractivity contribution in [3.63, 3.8) is 0 Å². The molecule has 4 rings (SSSR count). The lowest BCUT2D eigenvalue weighted by Gasteiger charge is -2.11. The maximum Gasteiger partial charge on any atom is 0.325 e. The molecule has 0 atom stereocenters. The summed E-state index contributed by atoms with van der Waals surface area (Å²) in [5, 5.41) is 9.44. The van der Waals surface area contributed by atoms with E-state index in [-0.39, 0.29) is 6.42 Å². The van der Waals surface area contributed by atoms with Gasteiger partial charge in [-0.1, -0.05) is 42.1 Å². The second-order valence-corrected chi connectivity index (χ2v) is 7.67. The van der Waals surface area contributed by atoms with Crippen molar-refractivity contribution in [2.24, 2.45) is 0 Å². The summed E-state index contributed by atoms with van der Waals surface area (Å²) in [7, 11) is 0. The molecule has 0 aliphatic heterocycles. The summed E-state index contributed by atoms with van der Waals surface area (Å²) in [6, 6.07) is 19.1. The molecule has 0 spiro atoms. The van der Waals surface area contributed by atoms with Crippen LogP contribution in [-0.4, -0.2) is 31.3 Å². The molecule has 9 heteroatoms. The maximum absolute atomic E-state index is 11.7. The Labute approximate surface area is 182 Å². The second kappa shape index (κ2) is 9.48. The van der Waals surface area contributed by atoms with Crippen molar-refractivity contribution in [2.75, 3.05) is 6.61 Å². The van der Waals surface area contributed by atoms with Crippen molar-refractivity contribution in [2.45, 2.75) is 24.3 Å². The average Bonchev–Trinajstić information content (AvgIpc) is 3.15. The van der Waals surface area contributed by atoms with E-state index in [1.807, 2.05) is 54.0 Å². The number of hydrogen-bond donors (Lipinski definition) is 2. The van der Waals surface area contributed by atoms with Crippen LogP contribution in [0, 0.1) is 0 Å². The number of aromatic nitrogens is 5. The van der Waals surface area contributed by atoms with Crippen LogP contribution in [0.2, 0.25) is 0 Å². The van der Waals surface area contributed by atoms with Gasteiger partial charge in [0, 0.05) is 29.6 Å². The summed E-state index contributed by atoms with van der Waals surface area (Å²) >= 11 is 1.57. The van der Waals surface area contributed by atoms with E-state index in [9.17, 15) is 9.59 Å². The molecule has 0 saturated heterocycles. The number of benzene rings is 2. The van der Waals surface area contributed by atoms with Crippen LogP contribution in [0.1, 0.15) is 24.0 Å². The minimum absolute atomic E-state index is 0.255. The smallest absolute Gasteiger partial charge is 0.325 e. The Bertz CT molecular complexity index is 1230. The van der Waals surface area contributed by atoms with E-state index >= 15 is 0 Å². The van der Waals surface area contributed by atoms with Crippen LogP contribution in [0.3, 0.4) is 0 Å². The third-order valence-corrected chi connectivity index (χ3v) is 5.48. The number of H-pyrrole nitrogens is 2. The molecule has 2 N–H and O–H groups in total. The van der Waals surface area contributed by atoms with Gasteiger partial charge in [-0.2, -0.15) is 0 Å². The van der Waals surface area contributed by atoms with Gasteiger partial charge in [-0.25, -0.2) is 4.79 Å². The van der Waals surface area contributed by atoms with Gasteiger partial charge in [0.1, 0.15) is 11.6 Å². The number of thioether (sulfide) groups is 1. The SMILES string of the molecule is CCOc1ccc(-n2c(Cc3cc(=O)[nH]c(=O)[nH]3)nnc2SCc2ccccc2)cc1. The molecule has 4 aromatic rings. The summed E-state index contributed by atoms with van der Waals surface area (Å²) in [5.41, 5.74) is 1.51. The number of nitrogens with one attached hydrogen (secondary N) is 2. The first-order valence-electron chi connectivity index (χ1n) is 9.79. The zero-order valence-electron chi connectivity index (χ0n) is 16.9. The number of rotatable bonds is 8. The first-order valence-corrected chi connectivity index (χ1v) is 10.8. The Balaban J connectivity index is 1.69. The lowest BCUT2D eigenvalue weighted by atomic mass is 10.2. The lowest BCUT2D eigenvalue weighted by molar-refractivity contribution is 0.340. The monoisotopic (exact) mass is 435 g/mol. The molecule has 0 aliphatic rings. The number of nitrogens with zero attached hydrogens (tertiary/aromatic N) is 3. The summed E-state index contributed by atoms with van der Waals surface area (Å²) in [5.74, 6) is 2.12. The van der Waals surface area contributed by atoms with Gasteiger partial charge in [-0.3, -0.25) is 14.3 Å². The highest BCUT2D eigenvalue weighted by molar-refractivity contribution is 7.98. The highest BCUT2D eigenvalue weighted by Gasteiger charge is 2.16. The number of hydrogen-bond acceptors (Lipinski definition) is 6. The van der Waals surface area contributed by atoms with Crippen LogP contribution in [0.5, 0.6) is 5.75 Å². The van der Waals surface area contributed by atoms with Gasteiger partial charge in [-0.05, 0) is 36.8 Å². The molecule has 8 nitrogen and oxygen atoms in total. The van der Waals surface area contributed by atoms with Crippen molar-refractivity contribution in [3.05, 3.63) is 98.6 Å². The molecule has 0 radical (unpaired) electrons. The van der Waals surface area contributed by atoms with E-state index in [1.54, 1.807) is 11.8 Å². The molecule has 0 bridgehead atoms. The average molecular weight is 436 g/mol. The van der Waals surface area contributed by atoms with Crippen LogP contribution in [-0.2, 0) is 12.2 Å². The predicted octanol–water partition coefficient (Wildman–Crippen LogP) is 2.93. The number of ether oxygens (including phenoxy) is 1. The summed E-state index contributed by atoms with van der Waals surface area (Å²) < 4.78 is 7.48. The van der Waals surface area contributed by atoms with Crippen molar-refractivity contribution < 1.29 is 4.74 Å². The summed E-state index contributed by atoms with van der Waals surface area (Å²) in [4.78, 5) is 28.2. The zero-order valence-corrected chi connectivity index (χ0v) is 17.7. The molecular weight excluding hydrogens is 414 g/mol. The molecule has 158 valence electrons. The molecule has 2 aromatic heterocycles. The fourth-order valence-corrected chi connectivity index (χ4v) is 4.06. The lowest BCUT2D eigenvalue weighted by Crippen LogP contribution is -2.23. The Morgan fingerprint density at radius 3 is 2.48 bits per heavy atom. The van der Waals surface area contributed by atoms with E-state index in [2.05, 4.69) is 32.3 Å². The highest BCUT2D eigenvalue weighted by Crippen LogP contribution is 2.27. The number of aromatic amines is 2. The summed E-state index contributed by atoms with van der Waals surface area (Å²) in [6.45, 7) is 2.53. The first-order chi connectivity index (χ1) is 15.1. The van der Waals surface area contributed by atoms with E-state index in [4.69, 9.17) is 4.74 Å². The van der Waals surface area contributed by atoms with Gasteiger partial charge < -0.3 is 9.72 Å². The van der Waals surface area contributed by atoms with E-state index in [0.29, 0.717) is 18.1 Å². The van der Waals surface area contributed by atoms with Crippen molar-refractivity contribution >= 4 is 11.8 Å². The highest BCUT2D eigenvalue weighted by atomic mass is 32.2. The van der Waals surface area contributed by atoms with Crippen LogP contribution in [0.15, 0.2) is 75.4 Å². The van der Waals surface area contributed by atoms with E-state index in [0.717, 1.165) is 22.3 Å². The predicted molar refractivity (Wildman–Crippen MR) is 119 cm³/mol. The summed E-state index contributed by atoms with van der Waals surface area (Å²) in [6.07, 6.45) is 0.255. The second-order valence-electron chi connectivity index (χ2n) is 6.73. The van der Waals surface area contributed by atoms with Crippen LogP contribution >= 0.6 is 11.8 Å². The van der Waals surface area contributed by atoms with E-state index < -0.39 is 11.2 Å². The molecular formula is C22H21N5O3S. The fourth-order valence-electron chi connectivity index (χ4n) is 3.13. The molecule has 0 fully saturated rings. The van der Waals surface area contributed by atoms with Gasteiger partial charge >= 0.3 is 5.69 Å². The normalized spacial score (nSPS) is 10.9. The Hall–Kier alpha value is -3.59. The Morgan fingerprint density at radius 2 is 1.77 bits per heavy atom. The minimum atomic E-state index is -0.548.